The first-order valence-corrected chi connectivity index (χ1v) is 15.1. The standard InChI is InChI=1S/C29H15Br4N4O4/c1-35-8-4-15(5-9-35)29(41)37-23-19(11-17(31)13-21(23)33)27(39)25(37)24-26(38)18-10-16(30)12-20(32)22(18)36(24)28(40)14-2-6-34-7-3-14/h2-13H,1H3/q+1/b25-24+. The Morgan fingerprint density at radius 2 is 1.10 bits per heavy atom. The number of nitrogens with zero attached hydrogens (tertiary/aromatic N) is 4. The van der Waals surface area contributed by atoms with Gasteiger partial charge in [-0.25, -0.2) is 4.57 Å². The van der Waals surface area contributed by atoms with Crippen molar-refractivity contribution in [2.24, 2.45) is 7.05 Å². The molecule has 202 valence electrons. The van der Waals surface area contributed by atoms with E-state index in [0.717, 1.165) is 0 Å². The minimum Gasteiger partial charge on any atom is -0.287 e. The average molecular weight is 803 g/mol. The third-order valence-corrected chi connectivity index (χ3v) is 8.78. The van der Waals surface area contributed by atoms with E-state index in [1.165, 1.54) is 34.3 Å². The number of anilines is 2. The molecule has 0 radical (unpaired) electrons. The molecule has 0 bridgehead atoms. The van der Waals surface area contributed by atoms with Gasteiger partial charge in [-0.1, -0.05) is 31.9 Å². The van der Waals surface area contributed by atoms with Crippen molar-refractivity contribution >= 4 is 98.5 Å². The van der Waals surface area contributed by atoms with Crippen molar-refractivity contribution in [2.45, 2.75) is 0 Å². The molecule has 0 atom stereocenters. The van der Waals surface area contributed by atoms with Gasteiger partial charge in [-0.15, -0.1) is 0 Å². The summed E-state index contributed by atoms with van der Waals surface area (Å²) in [6, 6.07) is 12.9. The number of hydrogen-bond acceptors (Lipinski definition) is 5. The number of halogens is 4. The van der Waals surface area contributed by atoms with E-state index < -0.39 is 23.4 Å². The maximum absolute atomic E-state index is 14.2. The molecule has 41 heavy (non-hydrogen) atoms. The van der Waals surface area contributed by atoms with E-state index in [9.17, 15) is 19.2 Å². The zero-order chi connectivity index (χ0) is 29.2. The van der Waals surface area contributed by atoms with Crippen LogP contribution in [0.4, 0.5) is 11.4 Å². The number of benzene rings is 2. The van der Waals surface area contributed by atoms with Crippen molar-refractivity contribution in [1.29, 1.82) is 0 Å². The predicted molar refractivity (Wildman–Crippen MR) is 165 cm³/mol. The number of Topliss-reactive ketones (excluding diaryl/α,β-unsaturated/α-hetero) is 2. The van der Waals surface area contributed by atoms with Gasteiger partial charge in [0.2, 0.25) is 11.6 Å². The number of rotatable bonds is 2. The van der Waals surface area contributed by atoms with Gasteiger partial charge in [-0.2, -0.15) is 0 Å². The Morgan fingerprint density at radius 1 is 0.683 bits per heavy atom. The van der Waals surface area contributed by atoms with Crippen LogP contribution in [0.3, 0.4) is 0 Å². The van der Waals surface area contributed by atoms with Gasteiger partial charge in [-0.05, 0) is 68.3 Å². The van der Waals surface area contributed by atoms with E-state index in [2.05, 4.69) is 68.7 Å². The number of aryl methyl sites for hydroxylation is 1. The first-order valence-electron chi connectivity index (χ1n) is 11.9. The Balaban J connectivity index is 1.68. The lowest BCUT2D eigenvalue weighted by Crippen LogP contribution is -2.37. The number of pyridine rings is 2. The van der Waals surface area contributed by atoms with Crippen molar-refractivity contribution in [2.75, 3.05) is 9.80 Å². The Morgan fingerprint density at radius 3 is 1.54 bits per heavy atom. The Bertz CT molecular complexity index is 1870. The number of fused-ring (bicyclic) bond motifs is 2. The fourth-order valence-corrected chi connectivity index (χ4v) is 7.65. The fraction of sp³-hybridized carbons (Fsp3) is 0.0345. The molecule has 2 aromatic heterocycles. The molecule has 4 aromatic rings. The van der Waals surface area contributed by atoms with Crippen LogP contribution in [0, 0.1) is 0 Å². The van der Waals surface area contributed by atoms with Gasteiger partial charge in [0.05, 0.1) is 28.1 Å². The van der Waals surface area contributed by atoms with Crippen LogP contribution in [0.1, 0.15) is 41.4 Å². The molecule has 0 N–H and O–H groups in total. The average Bonchev–Trinajstić information content (AvgIpc) is 3.39. The van der Waals surface area contributed by atoms with E-state index in [-0.39, 0.29) is 45.0 Å². The van der Waals surface area contributed by atoms with Gasteiger partial charge < -0.3 is 0 Å². The Hall–Kier alpha value is -3.32. The second-order valence-electron chi connectivity index (χ2n) is 9.19. The molecule has 6 rings (SSSR count). The molecule has 8 nitrogen and oxygen atoms in total. The molecule has 0 fully saturated rings. The monoisotopic (exact) mass is 799 g/mol. The topological polar surface area (TPSA) is 91.5 Å². The lowest BCUT2D eigenvalue weighted by atomic mass is 10.1. The van der Waals surface area contributed by atoms with Crippen molar-refractivity contribution in [1.82, 2.24) is 4.98 Å². The van der Waals surface area contributed by atoms with Crippen LogP contribution >= 0.6 is 63.7 Å². The smallest absolute Gasteiger partial charge is 0.263 e. The first kappa shape index (κ1) is 27.8. The summed E-state index contributed by atoms with van der Waals surface area (Å²) in [6.07, 6.45) is 6.35. The largest absolute Gasteiger partial charge is 0.287 e. The number of carbonyl (C=O) groups is 4. The summed E-state index contributed by atoms with van der Waals surface area (Å²) >= 11 is 13.9. The van der Waals surface area contributed by atoms with Crippen LogP contribution in [-0.2, 0) is 7.05 Å². The zero-order valence-electron chi connectivity index (χ0n) is 20.9. The first-order chi connectivity index (χ1) is 19.6. The summed E-state index contributed by atoms with van der Waals surface area (Å²) < 4.78 is 3.87. The van der Waals surface area contributed by atoms with E-state index in [1.54, 1.807) is 53.4 Å². The highest BCUT2D eigenvalue weighted by atomic mass is 79.9. The predicted octanol–water partition coefficient (Wildman–Crippen LogP) is 6.55. The highest BCUT2D eigenvalue weighted by molar-refractivity contribution is 9.11. The molecular weight excluding hydrogens is 788 g/mol. The molecule has 2 aromatic carbocycles. The summed E-state index contributed by atoms with van der Waals surface area (Å²) in [6.45, 7) is 0. The SMILES string of the molecule is C[n+]1ccc(C(=O)N2/C(=C3\C(=O)c4cc(Br)cc(Br)c4N3C(=O)c3ccncc3)C(=O)c3cc(Br)cc(Br)c32)cc1. The van der Waals surface area contributed by atoms with Crippen LogP contribution in [0.25, 0.3) is 0 Å². The lowest BCUT2D eigenvalue weighted by Gasteiger charge is -2.25. The molecule has 4 heterocycles. The second kappa shape index (κ2) is 10.5. The van der Waals surface area contributed by atoms with E-state index in [1.807, 2.05) is 7.05 Å². The highest BCUT2D eigenvalue weighted by Crippen LogP contribution is 2.49. The maximum Gasteiger partial charge on any atom is 0.263 e. The summed E-state index contributed by atoms with van der Waals surface area (Å²) in [7, 11) is 1.82. The van der Waals surface area contributed by atoms with Gasteiger partial charge in [-0.3, -0.25) is 34.0 Å². The summed E-state index contributed by atoms with van der Waals surface area (Å²) in [5.41, 5.74) is 1.03. The number of ketones is 2. The number of hydrogen-bond donors (Lipinski definition) is 0. The van der Waals surface area contributed by atoms with Crippen LogP contribution in [0.15, 0.2) is 103 Å². The molecule has 2 aliphatic heterocycles. The molecule has 0 saturated carbocycles. The second-order valence-corrected chi connectivity index (χ2v) is 12.7. The number of amides is 2. The number of aromatic nitrogens is 2. The maximum atomic E-state index is 14.2. The number of allylic oxidation sites excluding steroid dienone is 2. The van der Waals surface area contributed by atoms with Gasteiger partial charge >= 0.3 is 0 Å². The highest BCUT2D eigenvalue weighted by Gasteiger charge is 2.48. The molecule has 0 unspecified atom stereocenters. The Labute approximate surface area is 267 Å². The van der Waals surface area contributed by atoms with Gasteiger partial charge in [0.1, 0.15) is 18.4 Å². The van der Waals surface area contributed by atoms with Gasteiger partial charge in [0.15, 0.2) is 12.4 Å². The summed E-state index contributed by atoms with van der Waals surface area (Å²) in [5.74, 6) is -2.25. The lowest BCUT2D eigenvalue weighted by molar-refractivity contribution is -0.671. The van der Waals surface area contributed by atoms with Crippen LogP contribution in [-0.4, -0.2) is 28.4 Å². The molecule has 0 saturated heterocycles. The Kier molecular flexibility index (Phi) is 7.13. The summed E-state index contributed by atoms with van der Waals surface area (Å²) in [5, 5.41) is 0. The third kappa shape index (κ3) is 4.53. The molecular formula is C29H15Br4N4O4+. The molecule has 2 amide bonds. The summed E-state index contributed by atoms with van der Waals surface area (Å²) in [4.78, 5) is 63.1. The minimum atomic E-state index is -0.576. The third-order valence-electron chi connectivity index (χ3n) is 6.65. The zero-order valence-corrected chi connectivity index (χ0v) is 27.2. The van der Waals surface area contributed by atoms with Crippen LogP contribution in [0.2, 0.25) is 0 Å². The quantitative estimate of drug-likeness (QED) is 0.170. The molecule has 0 spiro atoms. The van der Waals surface area contributed by atoms with Crippen molar-refractivity contribution in [3.63, 3.8) is 0 Å². The van der Waals surface area contributed by atoms with E-state index in [4.69, 9.17) is 0 Å². The van der Waals surface area contributed by atoms with E-state index >= 15 is 0 Å². The molecule has 0 aliphatic carbocycles. The van der Waals surface area contributed by atoms with E-state index in [0.29, 0.717) is 17.9 Å². The fourth-order valence-electron chi connectivity index (χ4n) is 4.84. The van der Waals surface area contributed by atoms with Crippen molar-refractivity contribution in [3.05, 3.63) is 125 Å². The normalized spacial score (nSPS) is 15.8. The minimum absolute atomic E-state index is 0.194. The van der Waals surface area contributed by atoms with Gasteiger partial charge in [0, 0.05) is 48.0 Å². The molecule has 2 aliphatic rings. The molecule has 12 heteroatoms. The van der Waals surface area contributed by atoms with Crippen LogP contribution < -0.4 is 14.4 Å². The van der Waals surface area contributed by atoms with Crippen molar-refractivity contribution in [3.8, 4) is 0 Å². The van der Waals surface area contributed by atoms with Crippen molar-refractivity contribution < 1.29 is 23.7 Å². The van der Waals surface area contributed by atoms with Crippen LogP contribution in [0.5, 0.6) is 0 Å². The number of carbonyl (C=O) groups excluding carboxylic acids is 4. The van der Waals surface area contributed by atoms with Gasteiger partial charge in [0.25, 0.3) is 11.8 Å².